The molecule has 33 heavy (non-hydrogen) atoms. The van der Waals surface area contributed by atoms with E-state index in [1.807, 2.05) is 25.1 Å². The van der Waals surface area contributed by atoms with Crippen molar-refractivity contribution in [1.29, 1.82) is 0 Å². The van der Waals surface area contributed by atoms with E-state index in [0.717, 1.165) is 15.1 Å². The van der Waals surface area contributed by atoms with Gasteiger partial charge in [-0.15, -0.1) is 0 Å². The van der Waals surface area contributed by atoms with E-state index in [1.54, 1.807) is 37.3 Å². The Morgan fingerprint density at radius 3 is 2.52 bits per heavy atom. The summed E-state index contributed by atoms with van der Waals surface area (Å²) in [5.74, 6) is -0.402. The number of ether oxygens (including phenoxy) is 1. The number of carbonyl (C=O) groups is 3. The number of aromatic nitrogens is 3. The Kier molecular flexibility index (Phi) is 5.14. The van der Waals surface area contributed by atoms with Crippen LogP contribution in [0.4, 0.5) is 5.82 Å². The van der Waals surface area contributed by atoms with Gasteiger partial charge in [0, 0.05) is 6.07 Å². The third-order valence-electron chi connectivity index (χ3n) is 5.13. The number of thiazole rings is 1. The number of imide groups is 1. The Morgan fingerprint density at radius 2 is 1.82 bits per heavy atom. The first-order valence-electron chi connectivity index (χ1n) is 10.3. The maximum Gasteiger partial charge on any atom is 0.262 e. The van der Waals surface area contributed by atoms with E-state index >= 15 is 0 Å². The number of rotatable bonds is 6. The molecule has 4 aromatic rings. The van der Waals surface area contributed by atoms with Crippen molar-refractivity contribution in [1.82, 2.24) is 19.7 Å². The van der Waals surface area contributed by atoms with Gasteiger partial charge in [-0.1, -0.05) is 29.5 Å². The molecule has 5 rings (SSSR count). The Labute approximate surface area is 192 Å². The lowest BCUT2D eigenvalue weighted by Crippen LogP contribution is -2.37. The van der Waals surface area contributed by atoms with Crippen LogP contribution in [0.2, 0.25) is 0 Å². The number of hydrogen-bond donors (Lipinski definition) is 1. The van der Waals surface area contributed by atoms with Gasteiger partial charge in [-0.2, -0.15) is 9.78 Å². The predicted octanol–water partition coefficient (Wildman–Crippen LogP) is 3.42. The summed E-state index contributed by atoms with van der Waals surface area (Å²) in [5.41, 5.74) is 2.00. The van der Waals surface area contributed by atoms with E-state index in [2.05, 4.69) is 15.4 Å². The fourth-order valence-electron chi connectivity index (χ4n) is 3.72. The molecule has 2 aromatic heterocycles. The van der Waals surface area contributed by atoms with Gasteiger partial charge < -0.3 is 10.1 Å². The molecule has 1 aliphatic heterocycles. The molecule has 0 radical (unpaired) electrons. The topological polar surface area (TPSA) is 106 Å². The number of nitrogens with one attached hydrogen (secondary N) is 1. The van der Waals surface area contributed by atoms with E-state index in [9.17, 15) is 14.4 Å². The van der Waals surface area contributed by atoms with Gasteiger partial charge in [0.05, 0.1) is 28.1 Å². The summed E-state index contributed by atoms with van der Waals surface area (Å²) in [4.78, 5) is 43.5. The quantitative estimate of drug-likeness (QED) is 0.441. The van der Waals surface area contributed by atoms with Gasteiger partial charge >= 0.3 is 0 Å². The Bertz CT molecular complexity index is 1390. The lowest BCUT2D eigenvalue weighted by molar-refractivity contribution is -0.116. The van der Waals surface area contributed by atoms with E-state index in [0.29, 0.717) is 40.1 Å². The van der Waals surface area contributed by atoms with Crippen LogP contribution in [0, 0.1) is 6.92 Å². The molecule has 1 aliphatic rings. The van der Waals surface area contributed by atoms with Crippen LogP contribution in [0.25, 0.3) is 15.3 Å². The zero-order valence-corrected chi connectivity index (χ0v) is 18.7. The molecule has 2 aromatic carbocycles. The fourth-order valence-corrected chi connectivity index (χ4v) is 4.67. The van der Waals surface area contributed by atoms with Gasteiger partial charge in [-0.25, -0.2) is 4.98 Å². The lowest BCUT2D eigenvalue weighted by Gasteiger charge is -2.13. The monoisotopic (exact) mass is 461 g/mol. The summed E-state index contributed by atoms with van der Waals surface area (Å²) in [6.07, 6.45) is 0. The number of para-hydroxylation sites is 1. The number of benzene rings is 2. The average Bonchev–Trinajstić information content (AvgIpc) is 3.46. The SMILES string of the molecule is CCOc1cccc2sc(-n3nc(C)cc3NC(=O)CN3C(=O)c4ccccc4C3=O)nc12. The standard InChI is InChI=1S/C23H19N5O4S/c1-3-32-16-9-6-10-17-20(16)25-23(33-17)28-18(11-13(2)26-28)24-19(29)12-27-21(30)14-7-4-5-8-15(14)22(27)31/h4-11H,3,12H2,1-2H3,(H,24,29). The van der Waals surface area contributed by atoms with Crippen molar-refractivity contribution in [3.63, 3.8) is 0 Å². The highest BCUT2D eigenvalue weighted by molar-refractivity contribution is 7.20. The first kappa shape index (κ1) is 20.8. The van der Waals surface area contributed by atoms with Crippen LogP contribution in [0.1, 0.15) is 33.3 Å². The van der Waals surface area contributed by atoms with Crippen LogP contribution in [0.5, 0.6) is 5.75 Å². The molecule has 166 valence electrons. The van der Waals surface area contributed by atoms with Crippen molar-refractivity contribution in [2.24, 2.45) is 0 Å². The highest BCUT2D eigenvalue weighted by atomic mass is 32.1. The molecule has 0 atom stereocenters. The van der Waals surface area contributed by atoms with Crippen LogP contribution in [0.3, 0.4) is 0 Å². The molecule has 0 spiro atoms. The summed E-state index contributed by atoms with van der Waals surface area (Å²) in [5, 5.41) is 7.78. The van der Waals surface area contributed by atoms with Crippen LogP contribution in [-0.4, -0.2) is 50.5 Å². The molecule has 0 unspecified atom stereocenters. The zero-order valence-electron chi connectivity index (χ0n) is 17.9. The van der Waals surface area contributed by atoms with Gasteiger partial charge in [-0.3, -0.25) is 19.3 Å². The number of hydrogen-bond acceptors (Lipinski definition) is 7. The third-order valence-corrected chi connectivity index (χ3v) is 6.13. The minimum atomic E-state index is -0.512. The molecule has 10 heteroatoms. The van der Waals surface area contributed by atoms with Gasteiger partial charge in [0.25, 0.3) is 11.8 Å². The van der Waals surface area contributed by atoms with E-state index in [1.165, 1.54) is 16.0 Å². The van der Waals surface area contributed by atoms with Crippen LogP contribution in [-0.2, 0) is 4.79 Å². The number of fused-ring (bicyclic) bond motifs is 2. The smallest absolute Gasteiger partial charge is 0.262 e. The van der Waals surface area contributed by atoms with Gasteiger partial charge in [-0.05, 0) is 38.1 Å². The number of anilines is 1. The van der Waals surface area contributed by atoms with Crippen LogP contribution >= 0.6 is 11.3 Å². The van der Waals surface area contributed by atoms with E-state index < -0.39 is 24.3 Å². The predicted molar refractivity (Wildman–Crippen MR) is 123 cm³/mol. The summed E-state index contributed by atoms with van der Waals surface area (Å²) >= 11 is 1.41. The number of carbonyl (C=O) groups excluding carboxylic acids is 3. The van der Waals surface area contributed by atoms with Crippen molar-refractivity contribution in [2.45, 2.75) is 13.8 Å². The highest BCUT2D eigenvalue weighted by Crippen LogP contribution is 2.32. The first-order valence-corrected chi connectivity index (χ1v) is 11.1. The minimum Gasteiger partial charge on any atom is -0.492 e. The second-order valence-electron chi connectivity index (χ2n) is 7.41. The largest absolute Gasteiger partial charge is 0.492 e. The molecular weight excluding hydrogens is 442 g/mol. The molecule has 0 saturated heterocycles. The Balaban J connectivity index is 1.40. The molecule has 3 amide bonds. The molecule has 0 saturated carbocycles. The lowest BCUT2D eigenvalue weighted by atomic mass is 10.1. The second-order valence-corrected chi connectivity index (χ2v) is 8.41. The molecule has 9 nitrogen and oxygen atoms in total. The van der Waals surface area contributed by atoms with Gasteiger partial charge in [0.1, 0.15) is 23.6 Å². The van der Waals surface area contributed by atoms with Crippen LogP contribution in [0.15, 0.2) is 48.5 Å². The normalized spacial score (nSPS) is 13.0. The van der Waals surface area contributed by atoms with E-state index in [-0.39, 0.29) is 0 Å². The van der Waals surface area contributed by atoms with Crippen LogP contribution < -0.4 is 10.1 Å². The third kappa shape index (κ3) is 3.64. The maximum absolute atomic E-state index is 12.8. The highest BCUT2D eigenvalue weighted by Gasteiger charge is 2.36. The molecule has 1 N–H and O–H groups in total. The first-order chi connectivity index (χ1) is 16.0. The van der Waals surface area contributed by atoms with Crippen molar-refractivity contribution in [3.8, 4) is 10.9 Å². The molecule has 0 bridgehead atoms. The number of amides is 3. The molecular formula is C23H19N5O4S. The summed E-state index contributed by atoms with van der Waals surface area (Å²) in [6, 6.07) is 13.9. The molecule has 0 aliphatic carbocycles. The Morgan fingerprint density at radius 1 is 1.09 bits per heavy atom. The maximum atomic E-state index is 12.8. The van der Waals surface area contributed by atoms with Crippen molar-refractivity contribution < 1.29 is 19.1 Å². The molecule has 0 fully saturated rings. The van der Waals surface area contributed by atoms with E-state index in [4.69, 9.17) is 4.74 Å². The van der Waals surface area contributed by atoms with Gasteiger partial charge in [0.15, 0.2) is 0 Å². The number of nitrogens with zero attached hydrogens (tertiary/aromatic N) is 4. The summed E-state index contributed by atoms with van der Waals surface area (Å²) < 4.78 is 8.13. The summed E-state index contributed by atoms with van der Waals surface area (Å²) in [6.45, 7) is 3.83. The Hall–Kier alpha value is -4.05. The van der Waals surface area contributed by atoms with Crippen molar-refractivity contribution in [3.05, 3.63) is 65.4 Å². The average molecular weight is 462 g/mol. The second kappa shape index (κ2) is 8.14. The van der Waals surface area contributed by atoms with Crippen molar-refractivity contribution >= 4 is 45.1 Å². The molecule has 3 heterocycles. The zero-order chi connectivity index (χ0) is 23.1. The fraction of sp³-hybridized carbons (Fsp3) is 0.174. The minimum absolute atomic E-state index is 0.302. The van der Waals surface area contributed by atoms with Crippen molar-refractivity contribution in [2.75, 3.05) is 18.5 Å². The van der Waals surface area contributed by atoms with Gasteiger partial charge in [0.2, 0.25) is 11.0 Å². The number of aryl methyl sites for hydroxylation is 1. The summed E-state index contributed by atoms with van der Waals surface area (Å²) in [7, 11) is 0.